The Balaban J connectivity index is 1.72. The van der Waals surface area contributed by atoms with E-state index in [1.807, 2.05) is 43.0 Å². The van der Waals surface area contributed by atoms with Gasteiger partial charge in [0.1, 0.15) is 18.9 Å². The van der Waals surface area contributed by atoms with Gasteiger partial charge in [0, 0.05) is 19.6 Å². The van der Waals surface area contributed by atoms with Crippen LogP contribution in [0.4, 0.5) is 0 Å². The fourth-order valence-corrected chi connectivity index (χ4v) is 2.53. The molecule has 1 aromatic rings. The highest BCUT2D eigenvalue weighted by molar-refractivity contribution is 5.85. The molecule has 0 saturated carbocycles. The number of aryl methyl sites for hydroxylation is 1. The Bertz CT molecular complexity index is 536. The summed E-state index contributed by atoms with van der Waals surface area (Å²) in [5.41, 5.74) is 1.21. The van der Waals surface area contributed by atoms with Crippen molar-refractivity contribution in [2.75, 3.05) is 39.3 Å². The minimum atomic E-state index is 0.0978. The zero-order chi connectivity index (χ0) is 17.2. The van der Waals surface area contributed by atoms with Crippen LogP contribution in [-0.4, -0.2) is 56.1 Å². The summed E-state index contributed by atoms with van der Waals surface area (Å²) in [6.07, 6.45) is 2.20. The third-order valence-electron chi connectivity index (χ3n) is 3.86. The van der Waals surface area contributed by atoms with Gasteiger partial charge < -0.3 is 20.3 Å². The molecule has 0 spiro atoms. The topological polar surface area (TPSA) is 66.0 Å². The minimum Gasteiger partial charge on any atom is -0.492 e. The number of carbonyl (C=O) groups excluding carboxylic acids is 1. The summed E-state index contributed by atoms with van der Waals surface area (Å²) in [5, 5.41) is 6.34. The van der Waals surface area contributed by atoms with Gasteiger partial charge in [0.25, 0.3) is 0 Å². The minimum absolute atomic E-state index is 0.0978. The SMILES string of the molecule is CCNC(=NCC(=O)N1CCCC1)NCCOc1ccc(C)cc1. The van der Waals surface area contributed by atoms with E-state index in [1.54, 1.807) is 0 Å². The van der Waals surface area contributed by atoms with E-state index in [0.717, 1.165) is 38.2 Å². The Morgan fingerprint density at radius 2 is 1.92 bits per heavy atom. The smallest absolute Gasteiger partial charge is 0.244 e. The van der Waals surface area contributed by atoms with E-state index >= 15 is 0 Å². The summed E-state index contributed by atoms with van der Waals surface area (Å²) < 4.78 is 5.68. The summed E-state index contributed by atoms with van der Waals surface area (Å²) >= 11 is 0. The molecule has 1 saturated heterocycles. The molecule has 2 N–H and O–H groups in total. The van der Waals surface area contributed by atoms with Crippen molar-refractivity contribution in [1.82, 2.24) is 15.5 Å². The van der Waals surface area contributed by atoms with Gasteiger partial charge in [0.2, 0.25) is 5.91 Å². The highest BCUT2D eigenvalue weighted by Gasteiger charge is 2.17. The van der Waals surface area contributed by atoms with Gasteiger partial charge in [-0.15, -0.1) is 0 Å². The van der Waals surface area contributed by atoms with E-state index in [-0.39, 0.29) is 12.5 Å². The molecule has 2 rings (SSSR count). The van der Waals surface area contributed by atoms with Crippen LogP contribution in [0.5, 0.6) is 5.75 Å². The molecule has 6 nitrogen and oxygen atoms in total. The zero-order valence-corrected chi connectivity index (χ0v) is 14.7. The number of rotatable bonds is 7. The summed E-state index contributed by atoms with van der Waals surface area (Å²) in [4.78, 5) is 18.3. The van der Waals surface area contributed by atoms with Crippen molar-refractivity contribution in [1.29, 1.82) is 0 Å². The van der Waals surface area contributed by atoms with Crippen molar-refractivity contribution in [2.24, 2.45) is 4.99 Å². The lowest BCUT2D eigenvalue weighted by Crippen LogP contribution is -2.40. The zero-order valence-electron chi connectivity index (χ0n) is 14.7. The predicted octanol–water partition coefficient (Wildman–Crippen LogP) is 1.55. The van der Waals surface area contributed by atoms with E-state index in [1.165, 1.54) is 5.56 Å². The number of nitrogens with zero attached hydrogens (tertiary/aromatic N) is 2. The Labute approximate surface area is 144 Å². The Morgan fingerprint density at radius 3 is 2.58 bits per heavy atom. The van der Waals surface area contributed by atoms with Crippen LogP contribution < -0.4 is 15.4 Å². The number of benzene rings is 1. The number of hydrogen-bond acceptors (Lipinski definition) is 3. The van der Waals surface area contributed by atoms with Gasteiger partial charge in [-0.2, -0.15) is 0 Å². The van der Waals surface area contributed by atoms with Gasteiger partial charge in [-0.1, -0.05) is 17.7 Å². The van der Waals surface area contributed by atoms with Crippen molar-refractivity contribution >= 4 is 11.9 Å². The molecule has 132 valence electrons. The first-order valence-electron chi connectivity index (χ1n) is 8.68. The van der Waals surface area contributed by atoms with Crippen molar-refractivity contribution in [3.8, 4) is 5.75 Å². The third-order valence-corrected chi connectivity index (χ3v) is 3.86. The monoisotopic (exact) mass is 332 g/mol. The van der Waals surface area contributed by atoms with Crippen molar-refractivity contribution in [3.05, 3.63) is 29.8 Å². The lowest BCUT2D eigenvalue weighted by Gasteiger charge is -2.15. The largest absolute Gasteiger partial charge is 0.492 e. The summed E-state index contributed by atoms with van der Waals surface area (Å²) in [7, 11) is 0. The number of amides is 1. The van der Waals surface area contributed by atoms with Crippen LogP contribution in [0, 0.1) is 6.92 Å². The van der Waals surface area contributed by atoms with Crippen LogP contribution in [0.1, 0.15) is 25.3 Å². The molecular weight excluding hydrogens is 304 g/mol. The third kappa shape index (κ3) is 6.10. The lowest BCUT2D eigenvalue weighted by atomic mass is 10.2. The summed E-state index contributed by atoms with van der Waals surface area (Å²) in [6.45, 7) is 7.88. The van der Waals surface area contributed by atoms with Gasteiger partial charge in [-0.05, 0) is 38.8 Å². The molecule has 0 aromatic heterocycles. The maximum Gasteiger partial charge on any atom is 0.244 e. The first-order valence-corrected chi connectivity index (χ1v) is 8.68. The first-order chi connectivity index (χ1) is 11.7. The van der Waals surface area contributed by atoms with E-state index in [4.69, 9.17) is 4.74 Å². The normalized spacial score (nSPS) is 14.6. The Hall–Kier alpha value is -2.24. The van der Waals surface area contributed by atoms with E-state index in [9.17, 15) is 4.79 Å². The molecule has 0 bridgehead atoms. The molecule has 0 unspecified atom stereocenters. The number of aliphatic imine (C=N–C) groups is 1. The van der Waals surface area contributed by atoms with Crippen LogP contribution in [0.3, 0.4) is 0 Å². The van der Waals surface area contributed by atoms with Gasteiger partial charge >= 0.3 is 0 Å². The van der Waals surface area contributed by atoms with Gasteiger partial charge in [-0.25, -0.2) is 4.99 Å². The van der Waals surface area contributed by atoms with E-state index in [2.05, 4.69) is 15.6 Å². The molecule has 0 aliphatic carbocycles. The first kappa shape index (κ1) is 18.1. The maximum absolute atomic E-state index is 12.0. The second kappa shape index (κ2) is 9.80. The molecule has 1 aliphatic rings. The molecular formula is C18H28N4O2. The standard InChI is InChI=1S/C18H28N4O2/c1-3-19-18(21-14-17(23)22-11-4-5-12-22)20-10-13-24-16-8-6-15(2)7-9-16/h6-9H,3-5,10-14H2,1-2H3,(H2,19,20,21). The fraction of sp³-hybridized carbons (Fsp3) is 0.556. The average Bonchev–Trinajstić information content (AvgIpc) is 3.12. The van der Waals surface area contributed by atoms with Crippen molar-refractivity contribution in [2.45, 2.75) is 26.7 Å². The van der Waals surface area contributed by atoms with Crippen molar-refractivity contribution < 1.29 is 9.53 Å². The number of nitrogens with one attached hydrogen (secondary N) is 2. The van der Waals surface area contributed by atoms with Gasteiger partial charge in [0.05, 0.1) is 6.54 Å². The molecule has 0 radical (unpaired) electrons. The summed E-state index contributed by atoms with van der Waals surface area (Å²) in [6, 6.07) is 7.98. The molecule has 1 amide bonds. The fourth-order valence-electron chi connectivity index (χ4n) is 2.53. The van der Waals surface area contributed by atoms with Crippen molar-refractivity contribution in [3.63, 3.8) is 0 Å². The number of ether oxygens (including phenoxy) is 1. The van der Waals surface area contributed by atoms with E-state index < -0.39 is 0 Å². The van der Waals surface area contributed by atoms with Crippen LogP contribution in [0.25, 0.3) is 0 Å². The van der Waals surface area contributed by atoms with Crippen LogP contribution in [0.15, 0.2) is 29.3 Å². The van der Waals surface area contributed by atoms with Gasteiger partial charge in [-0.3, -0.25) is 4.79 Å². The van der Waals surface area contributed by atoms with Gasteiger partial charge in [0.15, 0.2) is 5.96 Å². The molecule has 24 heavy (non-hydrogen) atoms. The second-order valence-corrected chi connectivity index (χ2v) is 5.87. The maximum atomic E-state index is 12.0. The molecule has 1 heterocycles. The summed E-state index contributed by atoms with van der Waals surface area (Å²) in [5.74, 6) is 1.60. The molecule has 1 fully saturated rings. The van der Waals surface area contributed by atoms with Crippen LogP contribution in [-0.2, 0) is 4.79 Å². The second-order valence-electron chi connectivity index (χ2n) is 5.87. The average molecular weight is 332 g/mol. The van der Waals surface area contributed by atoms with Crippen LogP contribution in [0.2, 0.25) is 0 Å². The van der Waals surface area contributed by atoms with Crippen LogP contribution >= 0.6 is 0 Å². The predicted molar refractivity (Wildman–Crippen MR) is 96.5 cm³/mol. The molecule has 1 aromatic carbocycles. The quantitative estimate of drug-likeness (QED) is 0.452. The molecule has 0 atom stereocenters. The highest BCUT2D eigenvalue weighted by Crippen LogP contribution is 2.10. The number of guanidine groups is 1. The van der Waals surface area contributed by atoms with E-state index in [0.29, 0.717) is 19.1 Å². The highest BCUT2D eigenvalue weighted by atomic mass is 16.5. The Kier molecular flexibility index (Phi) is 7.39. The number of carbonyl (C=O) groups is 1. The lowest BCUT2D eigenvalue weighted by molar-refractivity contribution is -0.128. The number of hydrogen-bond donors (Lipinski definition) is 2. The number of likely N-dealkylation sites (tertiary alicyclic amines) is 1. The molecule has 6 heteroatoms. The Morgan fingerprint density at radius 1 is 1.21 bits per heavy atom. The molecule has 1 aliphatic heterocycles.